The van der Waals surface area contributed by atoms with Gasteiger partial charge in [0.2, 0.25) is 0 Å². The molecular weight excluding hydrogens is 416 g/mol. The zero-order valence-corrected chi connectivity index (χ0v) is 22.3. The molecule has 0 N–H and O–H groups in total. The Bertz CT molecular complexity index is 861. The summed E-state index contributed by atoms with van der Waals surface area (Å²) in [5.74, 6) is 1.43. The van der Waals surface area contributed by atoms with Crippen molar-refractivity contribution in [2.45, 2.75) is 105 Å². The van der Waals surface area contributed by atoms with E-state index in [1.807, 2.05) is 0 Å². The fourth-order valence-corrected chi connectivity index (χ4v) is 5.65. The van der Waals surface area contributed by atoms with Crippen molar-refractivity contribution >= 4 is 5.97 Å². The first-order valence-electron chi connectivity index (χ1n) is 13.9. The number of esters is 1. The molecule has 1 aliphatic carbocycles. The standard InChI is InChI=1S/C32H46O2/c1-6-10-12-24(8-3)18-26-14-16-28-29-17-15-27(19-25(9-4)13-11-7-2)21-31(29)32(30(28)20-26)22-34-23(5)33/h14-17,20-21,24-25,32H,6-13,18-19,22H2,1-5H3. The molecule has 0 heterocycles. The van der Waals surface area contributed by atoms with Crippen LogP contribution in [0.25, 0.3) is 11.1 Å². The van der Waals surface area contributed by atoms with Crippen LogP contribution in [0.2, 0.25) is 0 Å². The van der Waals surface area contributed by atoms with E-state index in [0.717, 1.165) is 24.7 Å². The Balaban J connectivity index is 1.88. The summed E-state index contributed by atoms with van der Waals surface area (Å²) in [5, 5.41) is 0. The van der Waals surface area contributed by atoms with Crippen LogP contribution in [0.3, 0.4) is 0 Å². The lowest BCUT2D eigenvalue weighted by Gasteiger charge is -2.18. The highest BCUT2D eigenvalue weighted by atomic mass is 16.5. The number of rotatable bonds is 14. The van der Waals surface area contributed by atoms with Crippen molar-refractivity contribution in [1.82, 2.24) is 0 Å². The van der Waals surface area contributed by atoms with E-state index in [2.05, 4.69) is 64.1 Å². The molecule has 186 valence electrons. The van der Waals surface area contributed by atoms with Gasteiger partial charge >= 0.3 is 5.97 Å². The summed E-state index contributed by atoms with van der Waals surface area (Å²) in [4.78, 5) is 11.7. The molecule has 1 aliphatic rings. The number of benzene rings is 2. The first-order chi connectivity index (χ1) is 16.5. The van der Waals surface area contributed by atoms with Gasteiger partial charge in [-0.05, 0) is 58.1 Å². The number of fused-ring (bicyclic) bond motifs is 3. The highest BCUT2D eigenvalue weighted by Gasteiger charge is 2.30. The number of hydrogen-bond acceptors (Lipinski definition) is 2. The van der Waals surface area contributed by atoms with Gasteiger partial charge in [-0.3, -0.25) is 4.79 Å². The molecule has 2 atom stereocenters. The predicted molar refractivity (Wildman–Crippen MR) is 144 cm³/mol. The van der Waals surface area contributed by atoms with Crippen LogP contribution in [0.1, 0.15) is 114 Å². The summed E-state index contributed by atoms with van der Waals surface area (Å²) in [7, 11) is 0. The van der Waals surface area contributed by atoms with Crippen molar-refractivity contribution in [3.8, 4) is 11.1 Å². The van der Waals surface area contributed by atoms with Gasteiger partial charge in [0, 0.05) is 12.8 Å². The summed E-state index contributed by atoms with van der Waals surface area (Å²) in [6.07, 6.45) is 12.5. The first-order valence-corrected chi connectivity index (χ1v) is 13.9. The maximum atomic E-state index is 11.7. The van der Waals surface area contributed by atoms with Gasteiger partial charge in [0.05, 0.1) is 0 Å². The van der Waals surface area contributed by atoms with Crippen LogP contribution < -0.4 is 0 Å². The van der Waals surface area contributed by atoms with Gasteiger partial charge in [-0.2, -0.15) is 0 Å². The van der Waals surface area contributed by atoms with E-state index in [9.17, 15) is 4.79 Å². The molecule has 34 heavy (non-hydrogen) atoms. The third kappa shape index (κ3) is 6.74. The number of hydrogen-bond donors (Lipinski definition) is 0. The Hall–Kier alpha value is -2.09. The highest BCUT2D eigenvalue weighted by Crippen LogP contribution is 2.46. The monoisotopic (exact) mass is 462 g/mol. The molecule has 0 amide bonds. The molecule has 3 rings (SSSR count). The van der Waals surface area contributed by atoms with Gasteiger partial charge in [0.25, 0.3) is 0 Å². The summed E-state index contributed by atoms with van der Waals surface area (Å²) in [6, 6.07) is 14.1. The van der Waals surface area contributed by atoms with E-state index < -0.39 is 0 Å². The molecule has 0 radical (unpaired) electrons. The molecule has 2 nitrogen and oxygen atoms in total. The van der Waals surface area contributed by atoms with Crippen LogP contribution in [-0.2, 0) is 22.4 Å². The van der Waals surface area contributed by atoms with Crippen LogP contribution in [0.15, 0.2) is 36.4 Å². The van der Waals surface area contributed by atoms with E-state index in [0.29, 0.717) is 6.61 Å². The lowest BCUT2D eigenvalue weighted by atomic mass is 9.88. The number of carbonyl (C=O) groups is 1. The van der Waals surface area contributed by atoms with Crippen LogP contribution in [0, 0.1) is 11.8 Å². The molecule has 0 saturated heterocycles. The lowest BCUT2D eigenvalue weighted by molar-refractivity contribution is -0.141. The van der Waals surface area contributed by atoms with Crippen LogP contribution in [-0.4, -0.2) is 12.6 Å². The maximum absolute atomic E-state index is 11.7. The Morgan fingerprint density at radius 3 is 1.65 bits per heavy atom. The number of ether oxygens (including phenoxy) is 1. The van der Waals surface area contributed by atoms with Gasteiger partial charge in [0.15, 0.2) is 0 Å². The quantitative estimate of drug-likeness (QED) is 0.262. The molecule has 0 bridgehead atoms. The Kier molecular flexibility index (Phi) is 10.2. The van der Waals surface area contributed by atoms with Gasteiger partial charge in [0.1, 0.15) is 6.61 Å². The molecule has 0 aliphatic heterocycles. The fraction of sp³-hybridized carbons (Fsp3) is 0.594. The molecule has 0 saturated carbocycles. The van der Waals surface area contributed by atoms with Crippen molar-refractivity contribution in [2.75, 3.05) is 6.61 Å². The maximum Gasteiger partial charge on any atom is 0.302 e. The zero-order valence-electron chi connectivity index (χ0n) is 22.3. The average Bonchev–Trinajstić information content (AvgIpc) is 3.14. The van der Waals surface area contributed by atoms with Gasteiger partial charge in [-0.25, -0.2) is 0 Å². The minimum atomic E-state index is -0.196. The second kappa shape index (κ2) is 13.1. The van der Waals surface area contributed by atoms with Crippen molar-refractivity contribution in [3.05, 3.63) is 58.7 Å². The summed E-state index contributed by atoms with van der Waals surface area (Å²) < 4.78 is 5.59. The summed E-state index contributed by atoms with van der Waals surface area (Å²) in [6.45, 7) is 11.1. The molecule has 0 spiro atoms. The molecule has 0 aromatic heterocycles. The minimum Gasteiger partial charge on any atom is -0.465 e. The third-order valence-corrected chi connectivity index (χ3v) is 7.86. The molecule has 2 heteroatoms. The summed E-state index contributed by atoms with van der Waals surface area (Å²) >= 11 is 0. The van der Waals surface area contributed by atoms with Crippen molar-refractivity contribution in [2.24, 2.45) is 11.8 Å². The number of carbonyl (C=O) groups excluding carboxylic acids is 1. The van der Waals surface area contributed by atoms with Crippen molar-refractivity contribution < 1.29 is 9.53 Å². The van der Waals surface area contributed by atoms with Crippen LogP contribution in [0.5, 0.6) is 0 Å². The fourth-order valence-electron chi connectivity index (χ4n) is 5.65. The van der Waals surface area contributed by atoms with Crippen molar-refractivity contribution in [3.63, 3.8) is 0 Å². The normalized spacial score (nSPS) is 16.1. The van der Waals surface area contributed by atoms with E-state index in [1.165, 1.54) is 91.7 Å². The van der Waals surface area contributed by atoms with Gasteiger partial charge in [-0.1, -0.05) is 115 Å². The average molecular weight is 463 g/mol. The second-order valence-electron chi connectivity index (χ2n) is 10.4. The third-order valence-electron chi connectivity index (χ3n) is 7.86. The molecule has 2 aromatic rings. The molecule has 0 fully saturated rings. The molecule has 2 aromatic carbocycles. The second-order valence-corrected chi connectivity index (χ2v) is 10.4. The Morgan fingerprint density at radius 1 is 0.794 bits per heavy atom. The van der Waals surface area contributed by atoms with Crippen LogP contribution in [0.4, 0.5) is 0 Å². The lowest BCUT2D eigenvalue weighted by Crippen LogP contribution is -2.11. The van der Waals surface area contributed by atoms with E-state index in [-0.39, 0.29) is 11.9 Å². The van der Waals surface area contributed by atoms with Gasteiger partial charge < -0.3 is 4.74 Å². The predicted octanol–water partition coefficient (Wildman–Crippen LogP) is 8.88. The Morgan fingerprint density at radius 2 is 1.26 bits per heavy atom. The van der Waals surface area contributed by atoms with E-state index in [4.69, 9.17) is 4.74 Å². The SMILES string of the molecule is CCCCC(CC)Cc1ccc2c(c1)C(COC(C)=O)c1cc(CC(CC)CCCC)ccc1-2. The van der Waals surface area contributed by atoms with Crippen molar-refractivity contribution in [1.29, 1.82) is 0 Å². The first kappa shape index (κ1) is 26.5. The van der Waals surface area contributed by atoms with E-state index >= 15 is 0 Å². The molecule has 2 unspecified atom stereocenters. The minimum absolute atomic E-state index is 0.139. The highest BCUT2D eigenvalue weighted by molar-refractivity contribution is 5.80. The smallest absolute Gasteiger partial charge is 0.302 e. The summed E-state index contributed by atoms with van der Waals surface area (Å²) in [5.41, 5.74) is 8.18. The molecular formula is C32H46O2. The van der Waals surface area contributed by atoms with Crippen LogP contribution >= 0.6 is 0 Å². The van der Waals surface area contributed by atoms with E-state index in [1.54, 1.807) is 0 Å². The topological polar surface area (TPSA) is 26.3 Å². The zero-order chi connectivity index (χ0) is 24.5. The van der Waals surface area contributed by atoms with Gasteiger partial charge in [-0.15, -0.1) is 0 Å². The largest absolute Gasteiger partial charge is 0.465 e. The Labute approximate surface area is 208 Å². The number of unbranched alkanes of at least 4 members (excludes halogenated alkanes) is 2.